The fourth-order valence-corrected chi connectivity index (χ4v) is 3.27. The molecule has 0 saturated carbocycles. The summed E-state index contributed by atoms with van der Waals surface area (Å²) < 4.78 is 26.1. The number of hydrogen-bond donors (Lipinski definition) is 1. The number of sulfonamides is 1. The highest BCUT2D eigenvalue weighted by Crippen LogP contribution is 2.29. The number of pyridine rings is 1. The zero-order chi connectivity index (χ0) is 15.8. The standard InChI is InChI=1S/C15H16N4O2S/c1-15(22(16,20)21,10-12-6-3-2-4-7-12)19-11-18-13-8-5-9-17-14(13)19/h2-9,11H,10H2,1H3,(H2,16,20,21). The van der Waals surface area contributed by atoms with Crippen LogP contribution in [0.5, 0.6) is 0 Å². The first-order valence-electron chi connectivity index (χ1n) is 6.77. The second-order valence-electron chi connectivity index (χ2n) is 5.34. The minimum Gasteiger partial charge on any atom is -0.293 e. The van der Waals surface area contributed by atoms with Gasteiger partial charge in [-0.25, -0.2) is 23.5 Å². The molecule has 1 unspecified atom stereocenters. The summed E-state index contributed by atoms with van der Waals surface area (Å²) in [6, 6.07) is 12.9. The van der Waals surface area contributed by atoms with Crippen molar-refractivity contribution < 1.29 is 8.42 Å². The average Bonchev–Trinajstić information content (AvgIpc) is 2.91. The molecular weight excluding hydrogens is 300 g/mol. The zero-order valence-electron chi connectivity index (χ0n) is 12.0. The number of nitrogens with two attached hydrogens (primary N) is 1. The van der Waals surface area contributed by atoms with Crippen LogP contribution in [0.2, 0.25) is 0 Å². The Kier molecular flexibility index (Phi) is 3.46. The predicted octanol–water partition coefficient (Wildman–Crippen LogP) is 1.64. The molecule has 1 aromatic carbocycles. The summed E-state index contributed by atoms with van der Waals surface area (Å²) in [6.45, 7) is 1.59. The van der Waals surface area contributed by atoms with Crippen molar-refractivity contribution in [3.05, 3.63) is 60.6 Å². The quantitative estimate of drug-likeness (QED) is 0.792. The molecule has 3 rings (SSSR count). The third-order valence-corrected chi connectivity index (χ3v) is 5.37. The lowest BCUT2D eigenvalue weighted by Gasteiger charge is -2.29. The lowest BCUT2D eigenvalue weighted by molar-refractivity contribution is 0.437. The topological polar surface area (TPSA) is 90.9 Å². The number of fused-ring (bicyclic) bond motifs is 1. The van der Waals surface area contributed by atoms with E-state index in [4.69, 9.17) is 5.14 Å². The summed E-state index contributed by atoms with van der Waals surface area (Å²) in [7, 11) is -3.89. The van der Waals surface area contributed by atoms with Crippen LogP contribution < -0.4 is 5.14 Å². The second-order valence-corrected chi connectivity index (χ2v) is 7.31. The van der Waals surface area contributed by atoms with E-state index < -0.39 is 14.9 Å². The van der Waals surface area contributed by atoms with Crippen LogP contribution in [0.15, 0.2) is 55.0 Å². The summed E-state index contributed by atoms with van der Waals surface area (Å²) in [5, 5.41) is 5.54. The Bertz CT molecular complexity index is 905. The van der Waals surface area contributed by atoms with E-state index in [0.29, 0.717) is 11.2 Å². The normalized spacial score (nSPS) is 14.8. The van der Waals surface area contributed by atoms with Gasteiger partial charge in [0.2, 0.25) is 10.0 Å². The number of benzene rings is 1. The minimum absolute atomic E-state index is 0.231. The Morgan fingerprint density at radius 1 is 1.14 bits per heavy atom. The zero-order valence-corrected chi connectivity index (χ0v) is 12.9. The van der Waals surface area contributed by atoms with E-state index in [9.17, 15) is 8.42 Å². The number of nitrogens with zero attached hydrogens (tertiary/aromatic N) is 3. The van der Waals surface area contributed by atoms with Crippen LogP contribution in [-0.2, 0) is 21.3 Å². The second kappa shape index (κ2) is 5.19. The van der Waals surface area contributed by atoms with Crippen LogP contribution >= 0.6 is 0 Å². The molecule has 0 aliphatic rings. The first-order valence-corrected chi connectivity index (χ1v) is 8.31. The minimum atomic E-state index is -3.89. The molecule has 0 bridgehead atoms. The van der Waals surface area contributed by atoms with Gasteiger partial charge in [-0.2, -0.15) is 0 Å². The molecular formula is C15H16N4O2S. The van der Waals surface area contributed by atoms with E-state index in [1.54, 1.807) is 25.3 Å². The third kappa shape index (κ3) is 2.38. The van der Waals surface area contributed by atoms with Crippen molar-refractivity contribution in [2.24, 2.45) is 5.14 Å². The molecule has 7 heteroatoms. The maximum atomic E-state index is 12.3. The predicted molar refractivity (Wildman–Crippen MR) is 84.4 cm³/mol. The van der Waals surface area contributed by atoms with Gasteiger partial charge in [-0.15, -0.1) is 0 Å². The van der Waals surface area contributed by atoms with Crippen LogP contribution in [0.4, 0.5) is 0 Å². The highest BCUT2D eigenvalue weighted by Gasteiger charge is 2.40. The Labute approximate surface area is 128 Å². The molecule has 0 amide bonds. The third-order valence-electron chi connectivity index (χ3n) is 3.80. The van der Waals surface area contributed by atoms with Crippen LogP contribution in [0.1, 0.15) is 12.5 Å². The number of imidazole rings is 1. The van der Waals surface area contributed by atoms with Gasteiger partial charge in [0.25, 0.3) is 0 Å². The van der Waals surface area contributed by atoms with Crippen LogP contribution in [0.25, 0.3) is 11.2 Å². The molecule has 2 aromatic heterocycles. The summed E-state index contributed by atoms with van der Waals surface area (Å²) in [6.07, 6.45) is 3.31. The van der Waals surface area contributed by atoms with Gasteiger partial charge in [0.1, 0.15) is 5.52 Å². The molecule has 1 atom stereocenters. The highest BCUT2D eigenvalue weighted by atomic mass is 32.2. The van der Waals surface area contributed by atoms with E-state index in [1.165, 1.54) is 10.9 Å². The lowest BCUT2D eigenvalue weighted by atomic mass is 10.1. The number of primary sulfonamides is 1. The van der Waals surface area contributed by atoms with Crippen molar-refractivity contribution in [3.8, 4) is 0 Å². The first kappa shape index (κ1) is 14.7. The molecule has 6 nitrogen and oxygen atoms in total. The van der Waals surface area contributed by atoms with Gasteiger partial charge in [0, 0.05) is 12.6 Å². The largest absolute Gasteiger partial charge is 0.293 e. The maximum Gasteiger partial charge on any atom is 0.233 e. The molecule has 22 heavy (non-hydrogen) atoms. The number of rotatable bonds is 4. The fraction of sp³-hybridized carbons (Fsp3) is 0.200. The molecule has 0 spiro atoms. The van der Waals surface area contributed by atoms with Crippen molar-refractivity contribution in [1.82, 2.24) is 14.5 Å². The Balaban J connectivity index is 2.19. The average molecular weight is 316 g/mol. The number of aromatic nitrogens is 3. The summed E-state index contributed by atoms with van der Waals surface area (Å²) in [5.41, 5.74) is 2.00. The fourth-order valence-electron chi connectivity index (χ4n) is 2.49. The van der Waals surface area contributed by atoms with E-state index >= 15 is 0 Å². The van der Waals surface area contributed by atoms with Crippen molar-refractivity contribution in [3.63, 3.8) is 0 Å². The monoisotopic (exact) mass is 316 g/mol. The maximum absolute atomic E-state index is 12.3. The van der Waals surface area contributed by atoms with E-state index in [0.717, 1.165) is 5.56 Å². The molecule has 114 valence electrons. The van der Waals surface area contributed by atoms with Gasteiger partial charge in [0.15, 0.2) is 10.5 Å². The SMILES string of the molecule is CC(Cc1ccccc1)(n1cnc2cccnc21)S(N)(=O)=O. The molecule has 2 heterocycles. The summed E-state index contributed by atoms with van der Waals surface area (Å²) in [4.78, 5) is 7.10. The van der Waals surface area contributed by atoms with E-state index in [-0.39, 0.29) is 6.42 Å². The molecule has 0 fully saturated rings. The molecule has 3 aromatic rings. The van der Waals surface area contributed by atoms with Crippen molar-refractivity contribution in [1.29, 1.82) is 0 Å². The van der Waals surface area contributed by atoms with Crippen molar-refractivity contribution >= 4 is 21.2 Å². The van der Waals surface area contributed by atoms with Crippen molar-refractivity contribution in [2.75, 3.05) is 0 Å². The Hall–Kier alpha value is -2.25. The number of hydrogen-bond acceptors (Lipinski definition) is 4. The smallest absolute Gasteiger partial charge is 0.233 e. The highest BCUT2D eigenvalue weighted by molar-refractivity contribution is 7.89. The van der Waals surface area contributed by atoms with Crippen LogP contribution in [0.3, 0.4) is 0 Å². The lowest BCUT2D eigenvalue weighted by Crippen LogP contribution is -2.45. The van der Waals surface area contributed by atoms with Crippen LogP contribution in [-0.4, -0.2) is 23.0 Å². The van der Waals surface area contributed by atoms with Gasteiger partial charge >= 0.3 is 0 Å². The van der Waals surface area contributed by atoms with E-state index in [2.05, 4.69) is 9.97 Å². The van der Waals surface area contributed by atoms with Gasteiger partial charge in [0.05, 0.1) is 6.33 Å². The van der Waals surface area contributed by atoms with Gasteiger partial charge in [-0.3, -0.25) is 4.57 Å². The van der Waals surface area contributed by atoms with Gasteiger partial charge in [-0.05, 0) is 24.6 Å². The Morgan fingerprint density at radius 3 is 2.55 bits per heavy atom. The van der Waals surface area contributed by atoms with Crippen LogP contribution in [0, 0.1) is 0 Å². The van der Waals surface area contributed by atoms with E-state index in [1.807, 2.05) is 30.3 Å². The summed E-state index contributed by atoms with van der Waals surface area (Å²) in [5.74, 6) is 0. The Morgan fingerprint density at radius 2 is 1.86 bits per heavy atom. The molecule has 0 aliphatic heterocycles. The van der Waals surface area contributed by atoms with Crippen molar-refractivity contribution in [2.45, 2.75) is 18.2 Å². The molecule has 0 aliphatic carbocycles. The molecule has 0 saturated heterocycles. The van der Waals surface area contributed by atoms with Gasteiger partial charge in [-0.1, -0.05) is 30.3 Å². The van der Waals surface area contributed by atoms with Gasteiger partial charge < -0.3 is 0 Å². The molecule has 2 N–H and O–H groups in total. The first-order chi connectivity index (χ1) is 10.4. The molecule has 0 radical (unpaired) electrons. The summed E-state index contributed by atoms with van der Waals surface area (Å²) >= 11 is 0.